The van der Waals surface area contributed by atoms with Gasteiger partial charge in [0.25, 0.3) is 0 Å². The van der Waals surface area contributed by atoms with E-state index in [1.165, 1.54) is 7.11 Å². The Labute approximate surface area is 113 Å². The molecule has 1 unspecified atom stereocenters. The first-order valence-electron chi connectivity index (χ1n) is 6.42. The van der Waals surface area contributed by atoms with Crippen LogP contribution in [-0.4, -0.2) is 48.5 Å². The Morgan fingerprint density at radius 1 is 1.44 bits per heavy atom. The minimum absolute atomic E-state index is 0.128. The first-order valence-corrected chi connectivity index (χ1v) is 7.57. The maximum absolute atomic E-state index is 11.2. The van der Waals surface area contributed by atoms with Crippen molar-refractivity contribution in [3.63, 3.8) is 0 Å². The van der Waals surface area contributed by atoms with Crippen LogP contribution in [0.25, 0.3) is 0 Å². The normalized spacial score (nSPS) is 18.7. The number of carbonyl (C=O) groups is 1. The highest BCUT2D eigenvalue weighted by atomic mass is 32.2. The number of carbonyl (C=O) groups excluding carboxylic acids is 1. The van der Waals surface area contributed by atoms with E-state index < -0.39 is 6.10 Å². The summed E-state index contributed by atoms with van der Waals surface area (Å²) in [5, 5.41) is 9.71. The summed E-state index contributed by atoms with van der Waals surface area (Å²) in [7, 11) is 1.43. The average molecular weight is 276 g/mol. The topological polar surface area (TPSA) is 55.8 Å². The monoisotopic (exact) mass is 276 g/mol. The van der Waals surface area contributed by atoms with Gasteiger partial charge in [-0.3, -0.25) is 4.79 Å². The largest absolute Gasteiger partial charge is 0.469 e. The van der Waals surface area contributed by atoms with Gasteiger partial charge in [-0.1, -0.05) is 0 Å². The maximum atomic E-state index is 11.2. The minimum atomic E-state index is -0.425. The SMILES string of the molecule is COC(=O)CC1(CSCC(O)COC(C)C)CC1. The summed E-state index contributed by atoms with van der Waals surface area (Å²) in [6, 6.07) is 0. The summed E-state index contributed by atoms with van der Waals surface area (Å²) < 4.78 is 10.0. The number of esters is 1. The second-order valence-corrected chi connectivity index (χ2v) is 6.33. The van der Waals surface area contributed by atoms with E-state index in [-0.39, 0.29) is 17.5 Å². The molecule has 0 aromatic rings. The number of hydrogen-bond acceptors (Lipinski definition) is 5. The third-order valence-corrected chi connectivity index (χ3v) is 4.48. The molecule has 1 rings (SSSR count). The van der Waals surface area contributed by atoms with Gasteiger partial charge >= 0.3 is 5.97 Å². The van der Waals surface area contributed by atoms with Crippen LogP contribution in [-0.2, 0) is 14.3 Å². The molecule has 0 aromatic carbocycles. The molecule has 1 aliphatic carbocycles. The summed E-state index contributed by atoms with van der Waals surface area (Å²) >= 11 is 1.70. The molecule has 1 N–H and O–H groups in total. The lowest BCUT2D eigenvalue weighted by Gasteiger charge is -2.16. The van der Waals surface area contributed by atoms with Crippen LogP contribution in [0.2, 0.25) is 0 Å². The van der Waals surface area contributed by atoms with Crippen molar-refractivity contribution in [3.05, 3.63) is 0 Å². The number of hydrogen-bond donors (Lipinski definition) is 1. The van der Waals surface area contributed by atoms with E-state index >= 15 is 0 Å². The van der Waals surface area contributed by atoms with Crippen LogP contribution >= 0.6 is 11.8 Å². The summed E-state index contributed by atoms with van der Waals surface area (Å²) in [4.78, 5) is 11.2. The van der Waals surface area contributed by atoms with Crippen molar-refractivity contribution >= 4 is 17.7 Å². The van der Waals surface area contributed by atoms with Gasteiger partial charge in [0.05, 0.1) is 32.3 Å². The first-order chi connectivity index (χ1) is 8.47. The maximum Gasteiger partial charge on any atom is 0.306 e. The Morgan fingerprint density at radius 2 is 2.11 bits per heavy atom. The fourth-order valence-electron chi connectivity index (χ4n) is 1.69. The standard InChI is InChI=1S/C13H24O4S/c1-10(2)17-7-11(14)8-18-9-13(4-5-13)6-12(15)16-3/h10-11,14H,4-9H2,1-3H3. The number of aliphatic hydroxyl groups is 1. The first kappa shape index (κ1) is 15.8. The van der Waals surface area contributed by atoms with Gasteiger partial charge in [-0.05, 0) is 37.9 Å². The molecule has 0 radical (unpaired) electrons. The third kappa shape index (κ3) is 6.07. The minimum Gasteiger partial charge on any atom is -0.469 e. The summed E-state index contributed by atoms with van der Waals surface area (Å²) in [6.45, 7) is 4.29. The molecule has 0 saturated heterocycles. The molecule has 18 heavy (non-hydrogen) atoms. The number of methoxy groups -OCH3 is 1. The van der Waals surface area contributed by atoms with Crippen molar-refractivity contribution in [1.29, 1.82) is 0 Å². The smallest absolute Gasteiger partial charge is 0.306 e. The van der Waals surface area contributed by atoms with Crippen molar-refractivity contribution < 1.29 is 19.4 Å². The van der Waals surface area contributed by atoms with Crippen LogP contribution < -0.4 is 0 Å². The van der Waals surface area contributed by atoms with Crippen molar-refractivity contribution in [2.45, 2.75) is 45.3 Å². The predicted octanol–water partition coefficient (Wildman–Crippen LogP) is 1.85. The molecule has 0 aliphatic heterocycles. The second-order valence-electron chi connectivity index (χ2n) is 5.30. The number of aliphatic hydroxyl groups excluding tert-OH is 1. The molecule has 4 nitrogen and oxygen atoms in total. The summed E-state index contributed by atoms with van der Waals surface area (Å²) in [5.41, 5.74) is 0.135. The van der Waals surface area contributed by atoms with Crippen LogP contribution in [0.15, 0.2) is 0 Å². The lowest BCUT2D eigenvalue weighted by molar-refractivity contribution is -0.141. The van der Waals surface area contributed by atoms with Gasteiger partial charge in [0.2, 0.25) is 0 Å². The zero-order valence-electron chi connectivity index (χ0n) is 11.5. The average Bonchev–Trinajstić information content (AvgIpc) is 3.06. The van der Waals surface area contributed by atoms with Crippen LogP contribution in [0.1, 0.15) is 33.1 Å². The Balaban J connectivity index is 2.12. The summed E-state index contributed by atoms with van der Waals surface area (Å²) in [5.74, 6) is 1.45. The molecule has 1 saturated carbocycles. The van der Waals surface area contributed by atoms with E-state index in [9.17, 15) is 9.90 Å². The van der Waals surface area contributed by atoms with Gasteiger partial charge in [-0.25, -0.2) is 0 Å². The Bertz CT molecular complexity index is 264. The van der Waals surface area contributed by atoms with Crippen molar-refractivity contribution in [2.75, 3.05) is 25.2 Å². The van der Waals surface area contributed by atoms with Crippen molar-refractivity contribution in [1.82, 2.24) is 0 Å². The molecule has 0 spiro atoms. The highest BCUT2D eigenvalue weighted by Gasteiger charge is 2.44. The fraction of sp³-hybridized carbons (Fsp3) is 0.923. The highest BCUT2D eigenvalue weighted by molar-refractivity contribution is 7.99. The molecule has 106 valence electrons. The van der Waals surface area contributed by atoms with Crippen molar-refractivity contribution in [3.8, 4) is 0 Å². The van der Waals surface area contributed by atoms with Crippen LogP contribution in [0.5, 0.6) is 0 Å². The van der Waals surface area contributed by atoms with Gasteiger partial charge < -0.3 is 14.6 Å². The zero-order chi connectivity index (χ0) is 13.6. The Morgan fingerprint density at radius 3 is 2.61 bits per heavy atom. The molecule has 0 amide bonds. The lowest BCUT2D eigenvalue weighted by Crippen LogP contribution is -2.22. The molecule has 0 heterocycles. The molecule has 1 atom stereocenters. The van der Waals surface area contributed by atoms with Gasteiger partial charge in [0.1, 0.15) is 0 Å². The van der Waals surface area contributed by atoms with Gasteiger partial charge in [0.15, 0.2) is 0 Å². The van der Waals surface area contributed by atoms with Crippen LogP contribution in [0.3, 0.4) is 0 Å². The van der Waals surface area contributed by atoms with E-state index in [1.54, 1.807) is 11.8 Å². The number of rotatable bonds is 9. The molecule has 1 fully saturated rings. The second kappa shape index (κ2) is 7.36. The number of ether oxygens (including phenoxy) is 2. The lowest BCUT2D eigenvalue weighted by atomic mass is 10.1. The molecule has 1 aliphatic rings. The van der Waals surface area contributed by atoms with Gasteiger partial charge in [0, 0.05) is 5.75 Å². The van der Waals surface area contributed by atoms with Gasteiger partial charge in [-0.2, -0.15) is 11.8 Å². The molecule has 5 heteroatoms. The van der Waals surface area contributed by atoms with Crippen LogP contribution in [0, 0.1) is 5.41 Å². The molecular weight excluding hydrogens is 252 g/mol. The fourth-order valence-corrected chi connectivity index (χ4v) is 3.00. The van der Waals surface area contributed by atoms with E-state index in [0.717, 1.165) is 18.6 Å². The van der Waals surface area contributed by atoms with E-state index in [1.807, 2.05) is 13.8 Å². The third-order valence-electron chi connectivity index (χ3n) is 3.04. The summed E-state index contributed by atoms with van der Waals surface area (Å²) in [6.07, 6.45) is 2.42. The molecule has 0 aromatic heterocycles. The van der Waals surface area contributed by atoms with E-state index in [2.05, 4.69) is 0 Å². The Kier molecular flexibility index (Phi) is 6.46. The highest BCUT2D eigenvalue weighted by Crippen LogP contribution is 2.51. The molecule has 0 bridgehead atoms. The molecular formula is C13H24O4S. The van der Waals surface area contributed by atoms with E-state index in [0.29, 0.717) is 18.8 Å². The predicted molar refractivity (Wildman–Crippen MR) is 72.7 cm³/mol. The number of thioether (sulfide) groups is 1. The Hall–Kier alpha value is -0.260. The quantitative estimate of drug-likeness (QED) is 0.651. The van der Waals surface area contributed by atoms with Gasteiger partial charge in [-0.15, -0.1) is 0 Å². The zero-order valence-corrected chi connectivity index (χ0v) is 12.3. The van der Waals surface area contributed by atoms with Crippen LogP contribution in [0.4, 0.5) is 0 Å². The van der Waals surface area contributed by atoms with E-state index in [4.69, 9.17) is 9.47 Å². The van der Waals surface area contributed by atoms with Crippen molar-refractivity contribution in [2.24, 2.45) is 5.41 Å².